The fourth-order valence-corrected chi connectivity index (χ4v) is 2.50. The smallest absolute Gasteiger partial charge is 0.323 e. The van der Waals surface area contributed by atoms with Gasteiger partial charge in [0.05, 0.1) is 0 Å². The van der Waals surface area contributed by atoms with Gasteiger partial charge in [0.1, 0.15) is 12.6 Å². The summed E-state index contributed by atoms with van der Waals surface area (Å²) in [5.41, 5.74) is 6.69. The second-order valence-corrected chi connectivity index (χ2v) is 5.84. The van der Waals surface area contributed by atoms with Crippen LogP contribution in [0.5, 0.6) is 0 Å². The number of esters is 1. The molecule has 1 aromatic rings. The molecule has 2 atom stereocenters. The first-order chi connectivity index (χ1) is 11.1. The Morgan fingerprint density at radius 3 is 2.83 bits per heavy atom. The summed E-state index contributed by atoms with van der Waals surface area (Å²) in [7, 11) is 0. The summed E-state index contributed by atoms with van der Waals surface area (Å²) in [5, 5.41) is 6.18. The Kier molecular flexibility index (Phi) is 7.03. The summed E-state index contributed by atoms with van der Waals surface area (Å²) in [5.74, 6) is -0.552. The Morgan fingerprint density at radius 2 is 2.13 bits per heavy atom. The molecule has 2 unspecified atom stereocenters. The first-order valence-corrected chi connectivity index (χ1v) is 8.11. The Labute approximate surface area is 136 Å². The molecule has 0 radical (unpaired) electrons. The summed E-state index contributed by atoms with van der Waals surface area (Å²) >= 11 is 0. The van der Waals surface area contributed by atoms with Gasteiger partial charge in [0.15, 0.2) is 0 Å². The second-order valence-electron chi connectivity index (χ2n) is 5.84. The molecule has 1 aliphatic heterocycles. The van der Waals surface area contributed by atoms with E-state index in [1.165, 1.54) is 0 Å². The molecule has 2 rings (SSSR count). The largest absolute Gasteiger partial charge is 0.460 e. The molecule has 1 aliphatic rings. The van der Waals surface area contributed by atoms with Gasteiger partial charge in [-0.15, -0.1) is 0 Å². The number of hydrogen-bond acceptors (Lipinski definition) is 5. The number of nitrogens with two attached hydrogens (primary N) is 1. The Balaban J connectivity index is 1.60. The lowest BCUT2D eigenvalue weighted by molar-refractivity contribution is -0.146. The number of nitrogens with one attached hydrogen (secondary N) is 2. The first-order valence-electron chi connectivity index (χ1n) is 8.11. The maximum atomic E-state index is 11.8. The number of carbonyl (C=O) groups excluding carboxylic acids is 2. The summed E-state index contributed by atoms with van der Waals surface area (Å²) in [6.07, 6.45) is 2.76. The minimum Gasteiger partial charge on any atom is -0.460 e. The van der Waals surface area contributed by atoms with E-state index in [1.807, 2.05) is 30.3 Å². The van der Waals surface area contributed by atoms with Crippen LogP contribution in [0.15, 0.2) is 30.3 Å². The van der Waals surface area contributed by atoms with Crippen molar-refractivity contribution in [1.29, 1.82) is 0 Å². The van der Waals surface area contributed by atoms with Crippen molar-refractivity contribution in [1.82, 2.24) is 10.6 Å². The predicted molar refractivity (Wildman–Crippen MR) is 87.5 cm³/mol. The van der Waals surface area contributed by atoms with Gasteiger partial charge in [-0.05, 0) is 31.4 Å². The van der Waals surface area contributed by atoms with Crippen molar-refractivity contribution in [3.8, 4) is 0 Å². The minimum atomic E-state index is -0.769. The van der Waals surface area contributed by atoms with Crippen molar-refractivity contribution in [2.45, 2.75) is 44.4 Å². The third kappa shape index (κ3) is 6.38. The van der Waals surface area contributed by atoms with Crippen LogP contribution in [-0.4, -0.2) is 37.0 Å². The first kappa shape index (κ1) is 17.4. The molecule has 4 N–H and O–H groups in total. The van der Waals surface area contributed by atoms with Gasteiger partial charge in [-0.1, -0.05) is 30.3 Å². The van der Waals surface area contributed by atoms with Crippen molar-refractivity contribution < 1.29 is 14.3 Å². The van der Waals surface area contributed by atoms with Crippen LogP contribution in [0.3, 0.4) is 0 Å². The van der Waals surface area contributed by atoms with E-state index in [9.17, 15) is 9.59 Å². The van der Waals surface area contributed by atoms with Crippen LogP contribution in [0, 0.1) is 0 Å². The van der Waals surface area contributed by atoms with Gasteiger partial charge in [-0.25, -0.2) is 0 Å². The molecule has 126 valence electrons. The van der Waals surface area contributed by atoms with Gasteiger partial charge in [0, 0.05) is 19.0 Å². The fourth-order valence-electron chi connectivity index (χ4n) is 2.50. The average Bonchev–Trinajstić information content (AvgIpc) is 3.10. The zero-order valence-corrected chi connectivity index (χ0v) is 13.3. The molecule has 1 heterocycles. The number of ether oxygens (including phenoxy) is 1. The molecule has 0 bridgehead atoms. The van der Waals surface area contributed by atoms with Crippen molar-refractivity contribution in [2.75, 3.05) is 13.1 Å². The monoisotopic (exact) mass is 319 g/mol. The van der Waals surface area contributed by atoms with E-state index in [4.69, 9.17) is 10.5 Å². The highest BCUT2D eigenvalue weighted by molar-refractivity contribution is 5.79. The highest BCUT2D eigenvalue weighted by Crippen LogP contribution is 2.05. The predicted octanol–water partition coefficient (Wildman–Crippen LogP) is 0.706. The topological polar surface area (TPSA) is 93.5 Å². The van der Waals surface area contributed by atoms with E-state index in [0.29, 0.717) is 12.6 Å². The van der Waals surface area contributed by atoms with Crippen LogP contribution < -0.4 is 16.4 Å². The zero-order chi connectivity index (χ0) is 16.5. The van der Waals surface area contributed by atoms with E-state index in [-0.39, 0.29) is 25.4 Å². The van der Waals surface area contributed by atoms with Gasteiger partial charge in [0.2, 0.25) is 5.91 Å². The van der Waals surface area contributed by atoms with Crippen molar-refractivity contribution in [3.63, 3.8) is 0 Å². The molecule has 1 amide bonds. The van der Waals surface area contributed by atoms with E-state index in [0.717, 1.165) is 24.9 Å². The van der Waals surface area contributed by atoms with Crippen LogP contribution in [0.1, 0.15) is 31.2 Å². The van der Waals surface area contributed by atoms with Gasteiger partial charge < -0.3 is 21.1 Å². The maximum absolute atomic E-state index is 11.8. The lowest BCUT2D eigenvalue weighted by atomic mass is 10.1. The summed E-state index contributed by atoms with van der Waals surface area (Å²) in [6, 6.07) is 9.01. The normalized spacial score (nSPS) is 18.4. The standard InChI is InChI=1S/C17H25N3O3/c18-15(17(22)23-12-13-5-2-1-3-6-13)8-9-16(21)20-11-14-7-4-10-19-14/h1-3,5-6,14-15,19H,4,7-12,18H2,(H,20,21). The molecule has 0 aromatic heterocycles. The molecule has 6 nitrogen and oxygen atoms in total. The van der Waals surface area contributed by atoms with Crippen molar-refractivity contribution >= 4 is 11.9 Å². The van der Waals surface area contributed by atoms with Crippen LogP contribution in [-0.2, 0) is 20.9 Å². The van der Waals surface area contributed by atoms with Crippen LogP contribution >= 0.6 is 0 Å². The molecule has 1 fully saturated rings. The summed E-state index contributed by atoms with van der Waals surface area (Å²) < 4.78 is 5.16. The van der Waals surface area contributed by atoms with Crippen LogP contribution in [0.4, 0.5) is 0 Å². The van der Waals surface area contributed by atoms with Crippen molar-refractivity contribution in [2.24, 2.45) is 5.73 Å². The van der Waals surface area contributed by atoms with Crippen LogP contribution in [0.25, 0.3) is 0 Å². The molecule has 0 saturated carbocycles. The molecule has 1 saturated heterocycles. The number of rotatable bonds is 8. The lowest BCUT2D eigenvalue weighted by Crippen LogP contribution is -2.38. The van der Waals surface area contributed by atoms with E-state index >= 15 is 0 Å². The number of carbonyl (C=O) groups is 2. The van der Waals surface area contributed by atoms with Crippen molar-refractivity contribution in [3.05, 3.63) is 35.9 Å². The van der Waals surface area contributed by atoms with E-state index in [1.54, 1.807) is 0 Å². The quantitative estimate of drug-likeness (QED) is 0.614. The molecule has 6 heteroatoms. The summed E-state index contributed by atoms with van der Waals surface area (Å²) in [4.78, 5) is 23.6. The SMILES string of the molecule is NC(CCC(=O)NCC1CCCN1)C(=O)OCc1ccccc1. The molecule has 0 spiro atoms. The molecular weight excluding hydrogens is 294 g/mol. The lowest BCUT2D eigenvalue weighted by Gasteiger charge is -2.13. The second kappa shape index (κ2) is 9.27. The fraction of sp³-hybridized carbons (Fsp3) is 0.529. The highest BCUT2D eigenvalue weighted by atomic mass is 16.5. The van der Waals surface area contributed by atoms with Crippen LogP contribution in [0.2, 0.25) is 0 Å². The Bertz CT molecular complexity index is 501. The third-order valence-corrected chi connectivity index (χ3v) is 3.92. The summed E-state index contributed by atoms with van der Waals surface area (Å²) in [6.45, 7) is 1.85. The van der Waals surface area contributed by atoms with Gasteiger partial charge in [0.25, 0.3) is 0 Å². The third-order valence-electron chi connectivity index (χ3n) is 3.92. The number of benzene rings is 1. The average molecular weight is 319 g/mol. The van der Waals surface area contributed by atoms with E-state index < -0.39 is 12.0 Å². The number of amides is 1. The molecule has 23 heavy (non-hydrogen) atoms. The van der Waals surface area contributed by atoms with E-state index in [2.05, 4.69) is 10.6 Å². The maximum Gasteiger partial charge on any atom is 0.323 e. The Hall–Kier alpha value is -1.92. The molecular formula is C17H25N3O3. The minimum absolute atomic E-state index is 0.0787. The zero-order valence-electron chi connectivity index (χ0n) is 13.3. The van der Waals surface area contributed by atoms with Gasteiger partial charge >= 0.3 is 5.97 Å². The molecule has 0 aliphatic carbocycles. The van der Waals surface area contributed by atoms with Gasteiger partial charge in [-0.2, -0.15) is 0 Å². The Morgan fingerprint density at radius 1 is 1.35 bits per heavy atom. The number of hydrogen-bond donors (Lipinski definition) is 3. The van der Waals surface area contributed by atoms with Gasteiger partial charge in [-0.3, -0.25) is 9.59 Å². The highest BCUT2D eigenvalue weighted by Gasteiger charge is 2.18. The molecule has 1 aromatic carbocycles.